The molecule has 3 amide bonds. The highest BCUT2D eigenvalue weighted by molar-refractivity contribution is 6.30. The molecule has 2 heterocycles. The SMILES string of the molecule is CC(C)(C)OC(=O)N1CCCC1C(C(=O)N1C(=O)OCC1Cc1ccccc1)c1ccc(Cl)cc1. The molecule has 2 fully saturated rings. The molecule has 3 atom stereocenters. The summed E-state index contributed by atoms with van der Waals surface area (Å²) in [5.41, 5.74) is 1.04. The van der Waals surface area contributed by atoms with Gasteiger partial charge in [-0.1, -0.05) is 54.1 Å². The molecule has 8 heteroatoms. The molecule has 2 aromatic rings. The number of cyclic esters (lactones) is 1. The number of ether oxygens (including phenoxy) is 2. The van der Waals surface area contributed by atoms with Crippen LogP contribution in [0.3, 0.4) is 0 Å². The number of halogens is 1. The average Bonchev–Trinajstić information content (AvgIpc) is 3.42. The Balaban J connectivity index is 1.67. The molecule has 35 heavy (non-hydrogen) atoms. The van der Waals surface area contributed by atoms with E-state index in [0.29, 0.717) is 30.0 Å². The zero-order valence-corrected chi connectivity index (χ0v) is 21.0. The lowest BCUT2D eigenvalue weighted by Gasteiger charge is -2.34. The molecular formula is C27H31ClN2O5. The predicted octanol–water partition coefficient (Wildman–Crippen LogP) is 5.41. The summed E-state index contributed by atoms with van der Waals surface area (Å²) in [7, 11) is 0. The number of hydrogen-bond donors (Lipinski definition) is 0. The first-order valence-corrected chi connectivity index (χ1v) is 12.3. The van der Waals surface area contributed by atoms with Crippen molar-refractivity contribution < 1.29 is 23.9 Å². The number of hydrogen-bond acceptors (Lipinski definition) is 5. The largest absolute Gasteiger partial charge is 0.447 e. The number of carbonyl (C=O) groups excluding carboxylic acids is 3. The van der Waals surface area contributed by atoms with Gasteiger partial charge in [0.2, 0.25) is 5.91 Å². The van der Waals surface area contributed by atoms with Crippen molar-refractivity contribution in [3.63, 3.8) is 0 Å². The van der Waals surface area contributed by atoms with Crippen molar-refractivity contribution >= 4 is 29.7 Å². The predicted molar refractivity (Wildman–Crippen MR) is 132 cm³/mol. The summed E-state index contributed by atoms with van der Waals surface area (Å²) in [6.07, 6.45) is 0.726. The number of rotatable bonds is 5. The highest BCUT2D eigenvalue weighted by atomic mass is 35.5. The van der Waals surface area contributed by atoms with E-state index < -0.39 is 35.8 Å². The van der Waals surface area contributed by atoms with Crippen LogP contribution in [-0.4, -0.2) is 58.7 Å². The van der Waals surface area contributed by atoms with Crippen LogP contribution in [0.1, 0.15) is 50.7 Å². The van der Waals surface area contributed by atoms with E-state index in [1.807, 2.05) is 51.1 Å². The number of nitrogens with zero attached hydrogens (tertiary/aromatic N) is 2. The Morgan fingerprint density at radius 3 is 2.46 bits per heavy atom. The lowest BCUT2D eigenvalue weighted by Crippen LogP contribution is -2.50. The molecule has 7 nitrogen and oxygen atoms in total. The molecule has 186 valence electrons. The van der Waals surface area contributed by atoms with Crippen molar-refractivity contribution in [3.8, 4) is 0 Å². The summed E-state index contributed by atoms with van der Waals surface area (Å²) in [6, 6.07) is 15.8. The monoisotopic (exact) mass is 498 g/mol. The van der Waals surface area contributed by atoms with E-state index in [1.165, 1.54) is 4.90 Å². The molecule has 0 saturated carbocycles. The van der Waals surface area contributed by atoms with E-state index in [2.05, 4.69) is 0 Å². The molecule has 0 aliphatic carbocycles. The van der Waals surface area contributed by atoms with Gasteiger partial charge in [-0.05, 0) is 63.3 Å². The normalized spacial score (nSPS) is 21.1. The van der Waals surface area contributed by atoms with Gasteiger partial charge < -0.3 is 14.4 Å². The van der Waals surface area contributed by atoms with E-state index in [9.17, 15) is 14.4 Å². The maximum absolute atomic E-state index is 14.1. The molecule has 0 N–H and O–H groups in total. The van der Waals surface area contributed by atoms with E-state index in [4.69, 9.17) is 21.1 Å². The smallest absolute Gasteiger partial charge is 0.417 e. The Hall–Kier alpha value is -3.06. The molecule has 2 saturated heterocycles. The molecule has 0 spiro atoms. The fraction of sp³-hybridized carbons (Fsp3) is 0.444. The van der Waals surface area contributed by atoms with Gasteiger partial charge in [0, 0.05) is 11.6 Å². The fourth-order valence-corrected chi connectivity index (χ4v) is 4.93. The number of amides is 3. The summed E-state index contributed by atoms with van der Waals surface area (Å²) in [5, 5.41) is 0.540. The zero-order chi connectivity index (χ0) is 25.2. The molecule has 0 bridgehead atoms. The first-order chi connectivity index (χ1) is 16.6. The van der Waals surface area contributed by atoms with E-state index in [0.717, 1.165) is 12.0 Å². The van der Waals surface area contributed by atoms with Gasteiger partial charge in [-0.25, -0.2) is 14.5 Å². The maximum Gasteiger partial charge on any atom is 0.417 e. The number of carbonyl (C=O) groups is 3. The van der Waals surface area contributed by atoms with Crippen molar-refractivity contribution in [2.75, 3.05) is 13.2 Å². The van der Waals surface area contributed by atoms with Gasteiger partial charge in [0.25, 0.3) is 0 Å². The Kier molecular flexibility index (Phi) is 7.36. The van der Waals surface area contributed by atoms with E-state index in [-0.39, 0.29) is 12.5 Å². The second kappa shape index (κ2) is 10.3. The van der Waals surface area contributed by atoms with Crippen molar-refractivity contribution in [1.82, 2.24) is 9.80 Å². The Morgan fingerprint density at radius 1 is 1.11 bits per heavy atom. The van der Waals surface area contributed by atoms with Gasteiger partial charge in [-0.3, -0.25) is 4.79 Å². The van der Waals surface area contributed by atoms with Crippen molar-refractivity contribution in [2.24, 2.45) is 0 Å². The quantitative estimate of drug-likeness (QED) is 0.550. The molecule has 0 radical (unpaired) electrons. The van der Waals surface area contributed by atoms with E-state index >= 15 is 0 Å². The highest BCUT2D eigenvalue weighted by Crippen LogP contribution is 2.36. The summed E-state index contributed by atoms with van der Waals surface area (Å²) in [6.45, 7) is 6.05. The van der Waals surface area contributed by atoms with Crippen LogP contribution in [0.5, 0.6) is 0 Å². The minimum atomic E-state index is -0.758. The van der Waals surface area contributed by atoms with Gasteiger partial charge in [0.1, 0.15) is 12.2 Å². The van der Waals surface area contributed by atoms with Crippen LogP contribution in [0, 0.1) is 0 Å². The van der Waals surface area contributed by atoms with Crippen LogP contribution in [0.15, 0.2) is 54.6 Å². The lowest BCUT2D eigenvalue weighted by molar-refractivity contribution is -0.132. The third-order valence-electron chi connectivity index (χ3n) is 6.32. The van der Waals surface area contributed by atoms with Gasteiger partial charge in [0.05, 0.1) is 18.0 Å². The second-order valence-corrected chi connectivity index (χ2v) is 10.5. The first-order valence-electron chi connectivity index (χ1n) is 11.9. The van der Waals surface area contributed by atoms with Crippen LogP contribution in [-0.2, 0) is 20.7 Å². The minimum absolute atomic E-state index is 0.132. The second-order valence-electron chi connectivity index (χ2n) is 10.0. The van der Waals surface area contributed by atoms with Crippen molar-refractivity contribution in [2.45, 2.75) is 63.6 Å². The van der Waals surface area contributed by atoms with Gasteiger partial charge in [0.15, 0.2) is 0 Å². The average molecular weight is 499 g/mol. The number of benzene rings is 2. The topological polar surface area (TPSA) is 76.2 Å². The molecule has 2 aliphatic rings. The van der Waals surface area contributed by atoms with Crippen molar-refractivity contribution in [3.05, 3.63) is 70.7 Å². The van der Waals surface area contributed by atoms with Crippen LogP contribution >= 0.6 is 11.6 Å². The zero-order valence-electron chi connectivity index (χ0n) is 20.3. The molecule has 3 unspecified atom stereocenters. The van der Waals surface area contributed by atoms with E-state index in [1.54, 1.807) is 29.2 Å². The molecule has 2 aliphatic heterocycles. The third-order valence-corrected chi connectivity index (χ3v) is 6.57. The fourth-order valence-electron chi connectivity index (χ4n) is 4.80. The summed E-state index contributed by atoms with van der Waals surface area (Å²) < 4.78 is 11.0. The standard InChI is InChI=1S/C27H31ClN2O5/c1-27(2,3)35-25(32)29-15-7-10-22(29)23(19-11-13-20(28)14-12-19)24(31)30-21(17-34-26(30)33)16-18-8-5-4-6-9-18/h4-6,8-9,11-14,21-23H,7,10,15-17H2,1-3H3. The number of imide groups is 1. The minimum Gasteiger partial charge on any atom is -0.447 e. The van der Waals surface area contributed by atoms with Crippen LogP contribution in [0.4, 0.5) is 9.59 Å². The summed E-state index contributed by atoms with van der Waals surface area (Å²) in [5.74, 6) is -1.14. The van der Waals surface area contributed by atoms with Gasteiger partial charge in [-0.15, -0.1) is 0 Å². The highest BCUT2D eigenvalue weighted by Gasteiger charge is 2.47. The van der Waals surface area contributed by atoms with Crippen LogP contribution in [0.25, 0.3) is 0 Å². The van der Waals surface area contributed by atoms with Crippen LogP contribution < -0.4 is 0 Å². The molecule has 0 aromatic heterocycles. The summed E-state index contributed by atoms with van der Waals surface area (Å²) >= 11 is 6.12. The Labute approximate surface area is 210 Å². The van der Waals surface area contributed by atoms with Crippen LogP contribution in [0.2, 0.25) is 5.02 Å². The maximum atomic E-state index is 14.1. The molecular weight excluding hydrogens is 468 g/mol. The lowest BCUT2D eigenvalue weighted by atomic mass is 9.88. The van der Waals surface area contributed by atoms with Crippen molar-refractivity contribution in [1.29, 1.82) is 0 Å². The molecule has 2 aromatic carbocycles. The molecule has 4 rings (SSSR count). The Bertz CT molecular complexity index is 1070. The van der Waals surface area contributed by atoms with Gasteiger partial charge >= 0.3 is 12.2 Å². The van der Waals surface area contributed by atoms with Gasteiger partial charge in [-0.2, -0.15) is 0 Å². The Morgan fingerprint density at radius 2 is 1.80 bits per heavy atom. The third kappa shape index (κ3) is 5.78. The summed E-state index contributed by atoms with van der Waals surface area (Å²) in [4.78, 5) is 42.8. The first kappa shape index (κ1) is 25.0. The number of likely N-dealkylation sites (tertiary alicyclic amines) is 1.